The van der Waals surface area contributed by atoms with E-state index in [4.69, 9.17) is 4.74 Å². The van der Waals surface area contributed by atoms with Gasteiger partial charge in [-0.25, -0.2) is 0 Å². The number of methoxy groups -OCH3 is 1. The summed E-state index contributed by atoms with van der Waals surface area (Å²) in [5, 5.41) is 0. The molecule has 0 bridgehead atoms. The summed E-state index contributed by atoms with van der Waals surface area (Å²) in [6, 6.07) is 8.34. The van der Waals surface area contributed by atoms with Crippen LogP contribution < -0.4 is 4.74 Å². The van der Waals surface area contributed by atoms with E-state index in [9.17, 15) is 4.79 Å². The number of hydrogen-bond donors (Lipinski definition) is 0. The van der Waals surface area contributed by atoms with Crippen molar-refractivity contribution in [1.29, 1.82) is 0 Å². The van der Waals surface area contributed by atoms with Gasteiger partial charge in [0.05, 0.1) is 13.2 Å². The zero-order valence-corrected chi connectivity index (χ0v) is 11.9. The first-order chi connectivity index (χ1) is 9.20. The van der Waals surface area contributed by atoms with Gasteiger partial charge in [-0.3, -0.25) is 9.69 Å². The first kappa shape index (κ1) is 14.1. The Bertz CT molecular complexity index is 413. The van der Waals surface area contributed by atoms with Crippen molar-refractivity contribution in [2.45, 2.75) is 38.6 Å². The van der Waals surface area contributed by atoms with Crippen molar-refractivity contribution in [2.24, 2.45) is 0 Å². The molecule has 104 valence electrons. The summed E-state index contributed by atoms with van der Waals surface area (Å²) in [6.07, 6.45) is 4.42. The topological polar surface area (TPSA) is 29.5 Å². The summed E-state index contributed by atoms with van der Waals surface area (Å²) in [4.78, 5) is 14.0. The number of carbonyl (C=O) groups excluding carboxylic acids is 1. The van der Waals surface area contributed by atoms with Gasteiger partial charge in [-0.05, 0) is 50.4 Å². The standard InChI is InChI=1S/C16H23NO2/c1-13(18)16-5-3-4-11-17(16)12-10-14-6-8-15(19-2)9-7-14/h6-9,16H,3-5,10-12H2,1-2H3. The minimum absolute atomic E-state index is 0.145. The summed E-state index contributed by atoms with van der Waals surface area (Å²) in [5.74, 6) is 1.21. The third kappa shape index (κ3) is 3.80. The summed E-state index contributed by atoms with van der Waals surface area (Å²) in [7, 11) is 1.68. The molecule has 1 heterocycles. The Morgan fingerprint density at radius 2 is 2.05 bits per heavy atom. The van der Waals surface area contributed by atoms with E-state index in [1.807, 2.05) is 12.1 Å². The minimum atomic E-state index is 0.145. The fourth-order valence-corrected chi connectivity index (χ4v) is 2.78. The molecule has 2 rings (SSSR count). The smallest absolute Gasteiger partial charge is 0.146 e. The van der Waals surface area contributed by atoms with Crippen molar-refractivity contribution in [1.82, 2.24) is 4.90 Å². The van der Waals surface area contributed by atoms with Crippen LogP contribution in [0.1, 0.15) is 31.7 Å². The van der Waals surface area contributed by atoms with E-state index >= 15 is 0 Å². The van der Waals surface area contributed by atoms with Crippen molar-refractivity contribution < 1.29 is 9.53 Å². The van der Waals surface area contributed by atoms with E-state index in [-0.39, 0.29) is 6.04 Å². The van der Waals surface area contributed by atoms with Gasteiger partial charge < -0.3 is 4.74 Å². The van der Waals surface area contributed by atoms with Gasteiger partial charge >= 0.3 is 0 Å². The minimum Gasteiger partial charge on any atom is -0.497 e. The molecule has 0 radical (unpaired) electrons. The average Bonchev–Trinajstić information content (AvgIpc) is 2.46. The first-order valence-corrected chi connectivity index (χ1v) is 7.08. The largest absolute Gasteiger partial charge is 0.497 e. The Balaban J connectivity index is 1.90. The molecule has 1 fully saturated rings. The zero-order chi connectivity index (χ0) is 13.7. The second-order valence-corrected chi connectivity index (χ2v) is 5.26. The van der Waals surface area contributed by atoms with Crippen LogP contribution in [-0.4, -0.2) is 36.9 Å². The third-order valence-electron chi connectivity index (χ3n) is 3.93. The molecular formula is C16H23NO2. The van der Waals surface area contributed by atoms with E-state index in [0.29, 0.717) is 5.78 Å². The molecule has 1 atom stereocenters. The van der Waals surface area contributed by atoms with E-state index < -0.39 is 0 Å². The lowest BCUT2D eigenvalue weighted by molar-refractivity contribution is -0.123. The van der Waals surface area contributed by atoms with Gasteiger partial charge in [-0.2, -0.15) is 0 Å². The van der Waals surface area contributed by atoms with Crippen LogP contribution in [0.3, 0.4) is 0 Å². The number of benzene rings is 1. The van der Waals surface area contributed by atoms with Crippen LogP contribution >= 0.6 is 0 Å². The number of ketones is 1. The second kappa shape index (κ2) is 6.71. The van der Waals surface area contributed by atoms with Crippen molar-refractivity contribution in [3.8, 4) is 5.75 Å². The number of piperidine rings is 1. The summed E-state index contributed by atoms with van der Waals surface area (Å²) < 4.78 is 5.16. The molecule has 3 heteroatoms. The normalized spacial score (nSPS) is 20.2. The quantitative estimate of drug-likeness (QED) is 0.816. The second-order valence-electron chi connectivity index (χ2n) is 5.26. The average molecular weight is 261 g/mol. The number of nitrogens with zero attached hydrogens (tertiary/aromatic N) is 1. The number of rotatable bonds is 5. The van der Waals surface area contributed by atoms with Crippen molar-refractivity contribution in [3.05, 3.63) is 29.8 Å². The van der Waals surface area contributed by atoms with Crippen LogP contribution in [-0.2, 0) is 11.2 Å². The number of likely N-dealkylation sites (tertiary alicyclic amines) is 1. The number of ether oxygens (including phenoxy) is 1. The molecule has 0 amide bonds. The zero-order valence-electron chi connectivity index (χ0n) is 11.9. The first-order valence-electron chi connectivity index (χ1n) is 7.08. The molecule has 1 saturated heterocycles. The number of Topliss-reactive ketones (excluding diaryl/α,β-unsaturated/α-hetero) is 1. The molecule has 3 nitrogen and oxygen atoms in total. The molecule has 0 aliphatic carbocycles. The lowest BCUT2D eigenvalue weighted by Crippen LogP contribution is -2.44. The SMILES string of the molecule is COc1ccc(CCN2CCCCC2C(C)=O)cc1. The highest BCUT2D eigenvalue weighted by molar-refractivity contribution is 5.81. The van der Waals surface area contributed by atoms with Crippen LogP contribution in [0.15, 0.2) is 24.3 Å². The van der Waals surface area contributed by atoms with Crippen LogP contribution in [0.2, 0.25) is 0 Å². The van der Waals surface area contributed by atoms with E-state index in [2.05, 4.69) is 17.0 Å². The maximum absolute atomic E-state index is 11.6. The maximum atomic E-state index is 11.6. The fourth-order valence-electron chi connectivity index (χ4n) is 2.78. The van der Waals surface area contributed by atoms with Crippen LogP contribution in [0.4, 0.5) is 0 Å². The molecule has 1 aromatic carbocycles. The Kier molecular flexibility index (Phi) is 4.97. The van der Waals surface area contributed by atoms with Crippen LogP contribution in [0.5, 0.6) is 5.75 Å². The van der Waals surface area contributed by atoms with Crippen molar-refractivity contribution in [3.63, 3.8) is 0 Å². The molecule has 0 aromatic heterocycles. The molecule has 19 heavy (non-hydrogen) atoms. The van der Waals surface area contributed by atoms with Crippen LogP contribution in [0.25, 0.3) is 0 Å². The Morgan fingerprint density at radius 1 is 1.32 bits per heavy atom. The molecule has 1 unspecified atom stereocenters. The highest BCUT2D eigenvalue weighted by Crippen LogP contribution is 2.19. The third-order valence-corrected chi connectivity index (χ3v) is 3.93. The predicted octanol–water partition coefficient (Wildman–Crippen LogP) is 2.68. The lowest BCUT2D eigenvalue weighted by atomic mass is 9.98. The van der Waals surface area contributed by atoms with E-state index in [1.54, 1.807) is 14.0 Å². The number of carbonyl (C=O) groups is 1. The Morgan fingerprint density at radius 3 is 2.68 bits per heavy atom. The molecule has 1 aromatic rings. The van der Waals surface area contributed by atoms with Gasteiger partial charge in [0.2, 0.25) is 0 Å². The molecule has 0 spiro atoms. The maximum Gasteiger partial charge on any atom is 0.146 e. The lowest BCUT2D eigenvalue weighted by Gasteiger charge is -2.34. The van der Waals surface area contributed by atoms with Gasteiger partial charge in [-0.15, -0.1) is 0 Å². The summed E-state index contributed by atoms with van der Waals surface area (Å²) >= 11 is 0. The van der Waals surface area contributed by atoms with Crippen molar-refractivity contribution in [2.75, 3.05) is 20.2 Å². The highest BCUT2D eigenvalue weighted by atomic mass is 16.5. The molecular weight excluding hydrogens is 238 g/mol. The van der Waals surface area contributed by atoms with Crippen molar-refractivity contribution >= 4 is 5.78 Å². The Hall–Kier alpha value is -1.35. The molecule has 0 saturated carbocycles. The number of hydrogen-bond acceptors (Lipinski definition) is 3. The van der Waals surface area contributed by atoms with E-state index in [0.717, 1.165) is 31.7 Å². The van der Waals surface area contributed by atoms with E-state index in [1.165, 1.54) is 18.4 Å². The van der Waals surface area contributed by atoms with Gasteiger partial charge in [0, 0.05) is 6.54 Å². The van der Waals surface area contributed by atoms with Gasteiger partial charge in [0.1, 0.15) is 11.5 Å². The van der Waals surface area contributed by atoms with Gasteiger partial charge in [0.25, 0.3) is 0 Å². The monoisotopic (exact) mass is 261 g/mol. The molecule has 1 aliphatic heterocycles. The van der Waals surface area contributed by atoms with Gasteiger partial charge in [0.15, 0.2) is 0 Å². The molecule has 1 aliphatic rings. The molecule has 0 N–H and O–H groups in total. The summed E-state index contributed by atoms with van der Waals surface area (Å²) in [6.45, 7) is 3.74. The van der Waals surface area contributed by atoms with Crippen LogP contribution in [0, 0.1) is 0 Å². The Labute approximate surface area is 115 Å². The predicted molar refractivity (Wildman–Crippen MR) is 76.6 cm³/mol. The summed E-state index contributed by atoms with van der Waals surface area (Å²) in [5.41, 5.74) is 1.30. The van der Waals surface area contributed by atoms with Gasteiger partial charge in [-0.1, -0.05) is 18.6 Å². The highest BCUT2D eigenvalue weighted by Gasteiger charge is 2.25. The fraction of sp³-hybridized carbons (Fsp3) is 0.562.